The van der Waals surface area contributed by atoms with E-state index >= 15 is 0 Å². The lowest BCUT2D eigenvalue weighted by molar-refractivity contribution is 0.0941. The third-order valence-electron chi connectivity index (χ3n) is 4.58. The van der Waals surface area contributed by atoms with Gasteiger partial charge >= 0.3 is 0 Å². The van der Waals surface area contributed by atoms with Gasteiger partial charge in [0.1, 0.15) is 5.75 Å². The number of nitrogens with one attached hydrogen (secondary N) is 2. The normalized spacial score (nSPS) is 12.6. The zero-order valence-electron chi connectivity index (χ0n) is 17.7. The monoisotopic (exact) mass is 435 g/mol. The highest BCUT2D eigenvalue weighted by Gasteiger charge is 2.20. The molecule has 2 N–H and O–H groups in total. The summed E-state index contributed by atoms with van der Waals surface area (Å²) in [5.74, 6) is 0.381. The molecule has 0 aliphatic carbocycles. The van der Waals surface area contributed by atoms with E-state index in [4.69, 9.17) is 9.47 Å². The summed E-state index contributed by atoms with van der Waals surface area (Å²) in [4.78, 5) is 14.7. The van der Waals surface area contributed by atoms with Gasteiger partial charge in [0.15, 0.2) is 0 Å². The minimum Gasteiger partial charge on any atom is -0.496 e. The fourth-order valence-electron chi connectivity index (χ4n) is 2.97. The molecule has 9 heteroatoms. The Balaban J connectivity index is 2.13. The molecule has 1 unspecified atom stereocenters. The molecule has 0 spiro atoms. The number of nitrogens with zero attached hydrogens (tertiary/aromatic N) is 1. The van der Waals surface area contributed by atoms with Crippen molar-refractivity contribution in [1.82, 2.24) is 14.9 Å². The van der Waals surface area contributed by atoms with Crippen molar-refractivity contribution in [2.75, 3.05) is 48.0 Å². The topological polar surface area (TPSA) is 97.0 Å². The van der Waals surface area contributed by atoms with E-state index in [1.54, 1.807) is 19.2 Å². The van der Waals surface area contributed by atoms with Gasteiger partial charge in [-0.25, -0.2) is 13.1 Å². The molecule has 0 aliphatic heterocycles. The smallest absolute Gasteiger partial charge is 0.251 e. The van der Waals surface area contributed by atoms with Gasteiger partial charge < -0.3 is 19.7 Å². The highest BCUT2D eigenvalue weighted by atomic mass is 32.2. The number of rotatable bonds is 11. The van der Waals surface area contributed by atoms with Gasteiger partial charge in [-0.2, -0.15) is 0 Å². The van der Waals surface area contributed by atoms with E-state index in [0.717, 1.165) is 11.3 Å². The van der Waals surface area contributed by atoms with Crippen molar-refractivity contribution in [3.8, 4) is 5.75 Å². The number of likely N-dealkylation sites (N-methyl/N-ethyl adjacent to an activating group) is 1. The third-order valence-corrected chi connectivity index (χ3v) is 6.04. The maximum Gasteiger partial charge on any atom is 0.251 e. The van der Waals surface area contributed by atoms with Crippen molar-refractivity contribution in [2.45, 2.75) is 10.9 Å². The van der Waals surface area contributed by atoms with Gasteiger partial charge in [0, 0.05) is 31.3 Å². The van der Waals surface area contributed by atoms with E-state index in [0.29, 0.717) is 6.54 Å². The van der Waals surface area contributed by atoms with Crippen LogP contribution in [0.2, 0.25) is 0 Å². The standard InChI is InChI=1S/C21H29N3O5S/c1-24(2)19(18-10-5-6-11-20(18)29-4)15-22-21(25)16-8-7-9-17(14-16)30(26,27)23-12-13-28-3/h5-11,14,19,23H,12-13,15H2,1-4H3,(H,22,25). The summed E-state index contributed by atoms with van der Waals surface area (Å²) in [6.45, 7) is 0.738. The van der Waals surface area contributed by atoms with Crippen LogP contribution < -0.4 is 14.8 Å². The van der Waals surface area contributed by atoms with E-state index in [9.17, 15) is 13.2 Å². The number of benzene rings is 2. The lowest BCUT2D eigenvalue weighted by atomic mass is 10.0. The average molecular weight is 436 g/mol. The predicted octanol–water partition coefficient (Wildman–Crippen LogP) is 1.65. The molecule has 2 aromatic carbocycles. The van der Waals surface area contributed by atoms with Crippen molar-refractivity contribution >= 4 is 15.9 Å². The van der Waals surface area contributed by atoms with Gasteiger partial charge in [0.2, 0.25) is 10.0 Å². The number of para-hydroxylation sites is 1. The van der Waals surface area contributed by atoms with Crippen LogP contribution in [0.4, 0.5) is 0 Å². The van der Waals surface area contributed by atoms with Crippen LogP contribution in [0.3, 0.4) is 0 Å². The average Bonchev–Trinajstić information content (AvgIpc) is 2.74. The molecule has 0 fully saturated rings. The first-order chi connectivity index (χ1) is 14.3. The van der Waals surface area contributed by atoms with Crippen LogP contribution in [-0.2, 0) is 14.8 Å². The summed E-state index contributed by atoms with van der Waals surface area (Å²) in [5, 5.41) is 2.89. The molecule has 0 heterocycles. The molecular formula is C21H29N3O5S. The Kier molecular flexibility index (Phi) is 8.79. The second kappa shape index (κ2) is 11.1. The summed E-state index contributed by atoms with van der Waals surface area (Å²) >= 11 is 0. The van der Waals surface area contributed by atoms with E-state index in [-0.39, 0.29) is 35.6 Å². The fourth-order valence-corrected chi connectivity index (χ4v) is 4.03. The minimum atomic E-state index is -3.72. The SMILES string of the molecule is COCCNS(=O)(=O)c1cccc(C(=O)NCC(c2ccccc2OC)N(C)C)c1. The quantitative estimate of drug-likeness (QED) is 0.521. The minimum absolute atomic E-state index is 0.0279. The maximum absolute atomic E-state index is 12.7. The molecule has 0 saturated heterocycles. The number of carbonyl (C=O) groups is 1. The molecule has 0 aromatic heterocycles. The molecule has 30 heavy (non-hydrogen) atoms. The van der Waals surface area contributed by atoms with Crippen molar-refractivity contribution in [1.29, 1.82) is 0 Å². The number of hydrogen-bond acceptors (Lipinski definition) is 6. The largest absolute Gasteiger partial charge is 0.496 e. The number of ether oxygens (including phenoxy) is 2. The molecule has 1 amide bonds. The molecule has 0 aliphatic rings. The highest BCUT2D eigenvalue weighted by Crippen LogP contribution is 2.27. The third kappa shape index (κ3) is 6.27. The fraction of sp³-hybridized carbons (Fsp3) is 0.381. The van der Waals surface area contributed by atoms with Gasteiger partial charge in [-0.3, -0.25) is 4.79 Å². The molecular weight excluding hydrogens is 406 g/mol. The summed E-state index contributed by atoms with van der Waals surface area (Å²) in [6.07, 6.45) is 0. The molecule has 1 atom stereocenters. The van der Waals surface area contributed by atoms with E-state index in [1.807, 2.05) is 43.3 Å². The van der Waals surface area contributed by atoms with Gasteiger partial charge in [-0.15, -0.1) is 0 Å². The molecule has 0 radical (unpaired) electrons. The Morgan fingerprint density at radius 3 is 2.50 bits per heavy atom. The Hall–Kier alpha value is -2.46. The van der Waals surface area contributed by atoms with Gasteiger partial charge in [-0.05, 0) is 38.4 Å². The first-order valence-corrected chi connectivity index (χ1v) is 10.9. The zero-order valence-corrected chi connectivity index (χ0v) is 18.5. The van der Waals surface area contributed by atoms with Crippen molar-refractivity contribution in [3.63, 3.8) is 0 Å². The van der Waals surface area contributed by atoms with Crippen LogP contribution in [-0.4, -0.2) is 67.2 Å². The second-order valence-corrected chi connectivity index (χ2v) is 8.62. The van der Waals surface area contributed by atoms with Crippen LogP contribution in [0.15, 0.2) is 53.4 Å². The number of sulfonamides is 1. The van der Waals surface area contributed by atoms with E-state index < -0.39 is 10.0 Å². The number of methoxy groups -OCH3 is 2. The van der Waals surface area contributed by atoms with Crippen LogP contribution in [0.1, 0.15) is 22.0 Å². The number of hydrogen-bond donors (Lipinski definition) is 2. The first-order valence-electron chi connectivity index (χ1n) is 9.46. The molecule has 2 aromatic rings. The van der Waals surface area contributed by atoms with Crippen molar-refractivity contribution in [2.24, 2.45) is 0 Å². The second-order valence-electron chi connectivity index (χ2n) is 6.85. The molecule has 0 bridgehead atoms. The molecule has 0 saturated carbocycles. The van der Waals surface area contributed by atoms with Crippen LogP contribution in [0.25, 0.3) is 0 Å². The summed E-state index contributed by atoms with van der Waals surface area (Å²) < 4.78 is 37.5. The van der Waals surface area contributed by atoms with Gasteiger partial charge in [0.25, 0.3) is 5.91 Å². The Morgan fingerprint density at radius 2 is 1.83 bits per heavy atom. The van der Waals surface area contributed by atoms with Gasteiger partial charge in [-0.1, -0.05) is 24.3 Å². The summed E-state index contributed by atoms with van der Waals surface area (Å²) in [7, 11) is 3.22. The lowest BCUT2D eigenvalue weighted by Crippen LogP contribution is -2.35. The molecule has 8 nitrogen and oxygen atoms in total. The Morgan fingerprint density at radius 1 is 1.10 bits per heavy atom. The van der Waals surface area contributed by atoms with Crippen LogP contribution in [0, 0.1) is 0 Å². The first kappa shape index (κ1) is 23.8. The highest BCUT2D eigenvalue weighted by molar-refractivity contribution is 7.89. The van der Waals surface area contributed by atoms with E-state index in [1.165, 1.54) is 19.2 Å². The summed E-state index contributed by atoms with van der Waals surface area (Å²) in [6, 6.07) is 13.4. The predicted molar refractivity (Wildman–Crippen MR) is 115 cm³/mol. The Bertz CT molecular complexity index is 947. The lowest BCUT2D eigenvalue weighted by Gasteiger charge is -2.26. The maximum atomic E-state index is 12.7. The zero-order chi connectivity index (χ0) is 22.1. The van der Waals surface area contributed by atoms with Crippen molar-refractivity contribution in [3.05, 3.63) is 59.7 Å². The van der Waals surface area contributed by atoms with Crippen LogP contribution >= 0.6 is 0 Å². The molecule has 2 rings (SSSR count). The number of carbonyl (C=O) groups excluding carboxylic acids is 1. The number of amides is 1. The van der Waals surface area contributed by atoms with Crippen molar-refractivity contribution < 1.29 is 22.7 Å². The van der Waals surface area contributed by atoms with Crippen LogP contribution in [0.5, 0.6) is 5.75 Å². The van der Waals surface area contributed by atoms with Gasteiger partial charge in [0.05, 0.1) is 24.7 Å². The summed E-state index contributed by atoms with van der Waals surface area (Å²) in [5.41, 5.74) is 1.21. The Labute approximate surface area is 178 Å². The van der Waals surface area contributed by atoms with E-state index in [2.05, 4.69) is 10.0 Å². The molecule has 164 valence electrons.